The van der Waals surface area contributed by atoms with Crippen LogP contribution in [0.15, 0.2) is 48.7 Å². The zero-order chi connectivity index (χ0) is 19.1. The average Bonchev–Trinajstić information content (AvgIpc) is 3.11. The SMILES string of the molecule is Cc1nn(-c2ccccn2)c(N)c1[C@@H]1CC(=O)N(c2ccccc2F)C1=O. The first-order valence-electron chi connectivity index (χ1n) is 8.36. The van der Waals surface area contributed by atoms with Gasteiger partial charge in [-0.05, 0) is 31.2 Å². The third-order valence-electron chi connectivity index (χ3n) is 4.60. The van der Waals surface area contributed by atoms with E-state index in [-0.39, 0.29) is 17.9 Å². The molecule has 4 rings (SSSR count). The minimum atomic E-state index is -0.811. The van der Waals surface area contributed by atoms with Gasteiger partial charge in [0.25, 0.3) is 0 Å². The highest BCUT2D eigenvalue weighted by atomic mass is 19.1. The van der Waals surface area contributed by atoms with Gasteiger partial charge in [0.1, 0.15) is 11.6 Å². The Kier molecular flexibility index (Phi) is 3.95. The molecule has 1 aliphatic heterocycles. The second kappa shape index (κ2) is 6.31. The van der Waals surface area contributed by atoms with Crippen molar-refractivity contribution in [2.75, 3.05) is 10.6 Å². The number of rotatable bonds is 3. The predicted molar refractivity (Wildman–Crippen MR) is 96.8 cm³/mol. The number of aromatic nitrogens is 3. The van der Waals surface area contributed by atoms with Crippen molar-refractivity contribution in [3.8, 4) is 5.82 Å². The van der Waals surface area contributed by atoms with Crippen LogP contribution in [0.25, 0.3) is 5.82 Å². The van der Waals surface area contributed by atoms with E-state index in [1.165, 1.54) is 22.9 Å². The van der Waals surface area contributed by atoms with Crippen LogP contribution in [0.2, 0.25) is 0 Å². The van der Waals surface area contributed by atoms with Crippen LogP contribution in [-0.4, -0.2) is 26.6 Å². The maximum absolute atomic E-state index is 14.1. The van der Waals surface area contributed by atoms with Gasteiger partial charge in [-0.2, -0.15) is 9.78 Å². The molecule has 3 aromatic rings. The number of nitrogens with zero attached hydrogens (tertiary/aromatic N) is 4. The van der Waals surface area contributed by atoms with Crippen LogP contribution in [0.4, 0.5) is 15.9 Å². The van der Waals surface area contributed by atoms with Crippen molar-refractivity contribution < 1.29 is 14.0 Å². The van der Waals surface area contributed by atoms with Gasteiger partial charge in [0.2, 0.25) is 11.8 Å². The number of benzene rings is 1. The van der Waals surface area contributed by atoms with Gasteiger partial charge in [0, 0.05) is 18.2 Å². The van der Waals surface area contributed by atoms with Crippen LogP contribution in [0.3, 0.4) is 0 Å². The number of anilines is 2. The number of hydrogen-bond acceptors (Lipinski definition) is 5. The Bertz CT molecular complexity index is 1050. The largest absolute Gasteiger partial charge is 0.383 e. The van der Waals surface area contributed by atoms with Gasteiger partial charge in [-0.25, -0.2) is 14.3 Å². The molecule has 8 heteroatoms. The maximum Gasteiger partial charge on any atom is 0.242 e. The molecule has 1 atom stereocenters. The van der Waals surface area contributed by atoms with Crippen LogP contribution in [0.1, 0.15) is 23.6 Å². The van der Waals surface area contributed by atoms with E-state index < -0.39 is 23.5 Å². The Morgan fingerprint density at radius 3 is 2.59 bits per heavy atom. The smallest absolute Gasteiger partial charge is 0.242 e. The predicted octanol–water partition coefficient (Wildman–Crippen LogP) is 2.34. The highest BCUT2D eigenvalue weighted by molar-refractivity contribution is 6.23. The van der Waals surface area contributed by atoms with Crippen molar-refractivity contribution in [1.29, 1.82) is 0 Å². The molecule has 2 aromatic heterocycles. The molecule has 1 aliphatic rings. The van der Waals surface area contributed by atoms with Crippen molar-refractivity contribution in [2.45, 2.75) is 19.3 Å². The van der Waals surface area contributed by atoms with E-state index in [4.69, 9.17) is 5.73 Å². The summed E-state index contributed by atoms with van der Waals surface area (Å²) in [5.74, 6) is -1.68. The number of para-hydroxylation sites is 1. The molecule has 136 valence electrons. The minimum Gasteiger partial charge on any atom is -0.383 e. The third-order valence-corrected chi connectivity index (χ3v) is 4.60. The monoisotopic (exact) mass is 365 g/mol. The fourth-order valence-electron chi connectivity index (χ4n) is 3.39. The number of nitrogen functional groups attached to an aromatic ring is 1. The average molecular weight is 365 g/mol. The molecule has 2 N–H and O–H groups in total. The summed E-state index contributed by atoms with van der Waals surface area (Å²) < 4.78 is 15.5. The standard InChI is InChI=1S/C19H16FN5O2/c1-11-17(18(21)25(23-11)15-8-4-5-9-22-15)12-10-16(26)24(19(12)27)14-7-3-2-6-13(14)20/h2-9,12H,10,21H2,1H3/t12-/m0/s1. The molecule has 3 heterocycles. The highest BCUT2D eigenvalue weighted by Crippen LogP contribution is 2.38. The number of carbonyl (C=O) groups excluding carboxylic acids is 2. The number of pyridine rings is 1. The Hall–Kier alpha value is -3.55. The summed E-state index contributed by atoms with van der Waals surface area (Å²) in [5, 5.41) is 4.37. The summed E-state index contributed by atoms with van der Waals surface area (Å²) in [6.07, 6.45) is 1.52. The molecule has 1 aromatic carbocycles. The van der Waals surface area contributed by atoms with Crippen LogP contribution >= 0.6 is 0 Å². The second-order valence-electron chi connectivity index (χ2n) is 6.26. The van der Waals surface area contributed by atoms with Crippen LogP contribution in [0, 0.1) is 12.7 Å². The number of amides is 2. The molecule has 0 spiro atoms. The lowest BCUT2D eigenvalue weighted by atomic mass is 9.97. The zero-order valence-electron chi connectivity index (χ0n) is 14.5. The van der Waals surface area contributed by atoms with E-state index in [1.807, 2.05) is 0 Å². The van der Waals surface area contributed by atoms with E-state index in [0.717, 1.165) is 4.90 Å². The van der Waals surface area contributed by atoms with Gasteiger partial charge in [-0.1, -0.05) is 18.2 Å². The molecule has 1 fully saturated rings. The summed E-state index contributed by atoms with van der Waals surface area (Å²) in [5.41, 5.74) is 7.19. The van der Waals surface area contributed by atoms with Gasteiger partial charge in [0.05, 0.1) is 17.3 Å². The highest BCUT2D eigenvalue weighted by Gasteiger charge is 2.43. The van der Waals surface area contributed by atoms with Gasteiger partial charge in [-0.15, -0.1) is 0 Å². The van der Waals surface area contributed by atoms with Crippen molar-refractivity contribution in [2.24, 2.45) is 0 Å². The lowest BCUT2D eigenvalue weighted by Crippen LogP contribution is -2.31. The molecule has 0 radical (unpaired) electrons. The summed E-state index contributed by atoms with van der Waals surface area (Å²) in [6.45, 7) is 1.72. The van der Waals surface area contributed by atoms with E-state index in [9.17, 15) is 14.0 Å². The Morgan fingerprint density at radius 2 is 1.89 bits per heavy atom. The van der Waals surface area contributed by atoms with Crippen molar-refractivity contribution in [1.82, 2.24) is 14.8 Å². The molecule has 27 heavy (non-hydrogen) atoms. The van der Waals surface area contributed by atoms with Crippen LogP contribution in [0.5, 0.6) is 0 Å². The first-order valence-corrected chi connectivity index (χ1v) is 8.36. The quantitative estimate of drug-likeness (QED) is 0.719. The molecule has 1 saturated heterocycles. The Balaban J connectivity index is 1.75. The van der Waals surface area contributed by atoms with Crippen molar-refractivity contribution in [3.05, 3.63) is 65.7 Å². The van der Waals surface area contributed by atoms with Gasteiger partial charge >= 0.3 is 0 Å². The number of halogens is 1. The molecule has 2 amide bonds. The first kappa shape index (κ1) is 16.9. The number of hydrogen-bond donors (Lipinski definition) is 1. The minimum absolute atomic E-state index is 0.0525. The van der Waals surface area contributed by atoms with Gasteiger partial charge in [0.15, 0.2) is 5.82 Å². The van der Waals surface area contributed by atoms with Gasteiger partial charge in [-0.3, -0.25) is 9.59 Å². The molecule has 0 unspecified atom stereocenters. The van der Waals surface area contributed by atoms with Gasteiger partial charge < -0.3 is 5.73 Å². The summed E-state index contributed by atoms with van der Waals surface area (Å²) in [7, 11) is 0. The summed E-state index contributed by atoms with van der Waals surface area (Å²) >= 11 is 0. The topological polar surface area (TPSA) is 94.1 Å². The fraction of sp³-hybridized carbons (Fsp3) is 0.158. The lowest BCUT2D eigenvalue weighted by Gasteiger charge is -2.15. The normalized spacial score (nSPS) is 17.0. The molecule has 0 bridgehead atoms. The van der Waals surface area contributed by atoms with E-state index in [1.54, 1.807) is 37.4 Å². The number of imide groups is 1. The summed E-state index contributed by atoms with van der Waals surface area (Å²) in [6, 6.07) is 11.0. The fourth-order valence-corrected chi connectivity index (χ4v) is 3.39. The van der Waals surface area contributed by atoms with Crippen LogP contribution < -0.4 is 10.6 Å². The second-order valence-corrected chi connectivity index (χ2v) is 6.26. The van der Waals surface area contributed by atoms with E-state index in [2.05, 4.69) is 10.1 Å². The molecule has 7 nitrogen and oxygen atoms in total. The number of carbonyl (C=O) groups is 2. The van der Waals surface area contributed by atoms with Crippen molar-refractivity contribution in [3.63, 3.8) is 0 Å². The molecular formula is C19H16FN5O2. The molecule has 0 saturated carbocycles. The lowest BCUT2D eigenvalue weighted by molar-refractivity contribution is -0.121. The zero-order valence-corrected chi connectivity index (χ0v) is 14.5. The van der Waals surface area contributed by atoms with Crippen LogP contribution in [-0.2, 0) is 9.59 Å². The number of nitrogens with two attached hydrogens (primary N) is 1. The van der Waals surface area contributed by atoms with Crippen molar-refractivity contribution >= 4 is 23.3 Å². The first-order chi connectivity index (χ1) is 13.0. The van der Waals surface area contributed by atoms with E-state index in [0.29, 0.717) is 17.1 Å². The third kappa shape index (κ3) is 2.66. The molecular weight excluding hydrogens is 349 g/mol. The number of aryl methyl sites for hydroxylation is 1. The summed E-state index contributed by atoms with van der Waals surface area (Å²) in [4.78, 5) is 30.5. The molecule has 0 aliphatic carbocycles. The Morgan fingerprint density at radius 1 is 1.15 bits per heavy atom. The maximum atomic E-state index is 14.1. The Labute approximate surface area is 154 Å². The van der Waals surface area contributed by atoms with E-state index >= 15 is 0 Å².